The maximum absolute atomic E-state index is 13.2. The van der Waals surface area contributed by atoms with Gasteiger partial charge in [0.05, 0.1) is 6.04 Å². The van der Waals surface area contributed by atoms with E-state index in [4.69, 9.17) is 0 Å². The summed E-state index contributed by atoms with van der Waals surface area (Å²) in [6.45, 7) is 1.76. The van der Waals surface area contributed by atoms with Crippen molar-refractivity contribution in [2.24, 2.45) is 0 Å². The maximum atomic E-state index is 13.2. The lowest BCUT2D eigenvalue weighted by Crippen LogP contribution is -2.39. The zero-order valence-corrected chi connectivity index (χ0v) is 12.8. The van der Waals surface area contributed by atoms with E-state index in [9.17, 15) is 13.6 Å². The molecule has 120 valence electrons. The Morgan fingerprint density at radius 3 is 2.74 bits per heavy atom. The Balaban J connectivity index is 1.63. The van der Waals surface area contributed by atoms with Crippen molar-refractivity contribution >= 4 is 11.6 Å². The zero-order chi connectivity index (χ0) is 16.4. The van der Waals surface area contributed by atoms with Crippen molar-refractivity contribution in [3.8, 4) is 0 Å². The number of hydrogen-bond acceptors (Lipinski definition) is 2. The van der Waals surface area contributed by atoms with Crippen LogP contribution in [0.2, 0.25) is 0 Å². The van der Waals surface area contributed by atoms with E-state index in [-0.39, 0.29) is 17.6 Å². The molecule has 0 radical (unpaired) electrons. The van der Waals surface area contributed by atoms with Gasteiger partial charge in [-0.2, -0.15) is 0 Å². The normalized spacial score (nSPS) is 17.6. The zero-order valence-electron chi connectivity index (χ0n) is 12.8. The molecule has 1 aliphatic rings. The summed E-state index contributed by atoms with van der Waals surface area (Å²) < 4.78 is 26.1. The summed E-state index contributed by atoms with van der Waals surface area (Å²) in [7, 11) is 0. The third-order valence-electron chi connectivity index (χ3n) is 4.16. The first kappa shape index (κ1) is 15.6. The summed E-state index contributed by atoms with van der Waals surface area (Å²) in [5.74, 6) is -2.19. The lowest BCUT2D eigenvalue weighted by molar-refractivity contribution is -0.118. The largest absolute Gasteiger partial charge is 0.325 e. The van der Waals surface area contributed by atoms with Crippen molar-refractivity contribution in [2.75, 3.05) is 5.32 Å². The number of aryl methyl sites for hydroxylation is 1. The minimum atomic E-state index is -0.979. The second-order valence-electron chi connectivity index (χ2n) is 5.80. The number of amides is 1. The van der Waals surface area contributed by atoms with Gasteiger partial charge < -0.3 is 5.32 Å². The van der Waals surface area contributed by atoms with Gasteiger partial charge in [-0.3, -0.25) is 10.1 Å². The molecule has 2 aromatic carbocycles. The number of fused-ring (bicyclic) bond motifs is 1. The van der Waals surface area contributed by atoms with Crippen LogP contribution in [0.5, 0.6) is 0 Å². The minimum absolute atomic E-state index is 0.136. The highest BCUT2D eigenvalue weighted by Crippen LogP contribution is 2.31. The Morgan fingerprint density at radius 2 is 1.96 bits per heavy atom. The van der Waals surface area contributed by atoms with Crippen LogP contribution in [-0.4, -0.2) is 11.9 Å². The average Bonchev–Trinajstić information content (AvgIpc) is 2.94. The highest BCUT2D eigenvalue weighted by Gasteiger charge is 2.25. The van der Waals surface area contributed by atoms with Crippen molar-refractivity contribution in [2.45, 2.75) is 31.8 Å². The van der Waals surface area contributed by atoms with E-state index in [0.717, 1.165) is 25.0 Å². The van der Waals surface area contributed by atoms with Crippen LogP contribution in [-0.2, 0) is 11.2 Å². The third-order valence-corrected chi connectivity index (χ3v) is 4.16. The summed E-state index contributed by atoms with van der Waals surface area (Å²) in [5, 5.41) is 5.90. The first-order valence-corrected chi connectivity index (χ1v) is 7.64. The molecule has 0 aromatic heterocycles. The maximum Gasteiger partial charge on any atom is 0.241 e. The van der Waals surface area contributed by atoms with Gasteiger partial charge in [-0.25, -0.2) is 8.78 Å². The number of nitrogens with one attached hydrogen (secondary N) is 2. The molecular formula is C18H18F2N2O. The minimum Gasteiger partial charge on any atom is -0.325 e. The molecule has 0 saturated heterocycles. The molecule has 1 aliphatic carbocycles. The number of rotatable bonds is 4. The van der Waals surface area contributed by atoms with Crippen LogP contribution < -0.4 is 10.6 Å². The summed E-state index contributed by atoms with van der Waals surface area (Å²) in [6, 6.07) is 11.2. The molecule has 5 heteroatoms. The fraction of sp³-hybridized carbons (Fsp3) is 0.278. The first-order valence-electron chi connectivity index (χ1n) is 7.64. The van der Waals surface area contributed by atoms with Gasteiger partial charge in [-0.15, -0.1) is 0 Å². The first-order chi connectivity index (χ1) is 11.0. The second kappa shape index (κ2) is 6.46. The summed E-state index contributed by atoms with van der Waals surface area (Å²) in [6.07, 6.45) is 1.94. The van der Waals surface area contributed by atoms with Gasteiger partial charge in [0, 0.05) is 17.8 Å². The second-order valence-corrected chi connectivity index (χ2v) is 5.80. The number of anilines is 1. The van der Waals surface area contributed by atoms with E-state index in [1.165, 1.54) is 17.2 Å². The van der Waals surface area contributed by atoms with E-state index in [1.54, 1.807) is 6.92 Å². The summed E-state index contributed by atoms with van der Waals surface area (Å²) in [5.41, 5.74) is 2.77. The van der Waals surface area contributed by atoms with Crippen molar-refractivity contribution in [1.82, 2.24) is 5.32 Å². The molecule has 2 aromatic rings. The summed E-state index contributed by atoms with van der Waals surface area (Å²) >= 11 is 0. The molecule has 0 saturated carbocycles. The molecule has 0 aliphatic heterocycles. The highest BCUT2D eigenvalue weighted by molar-refractivity contribution is 5.94. The fourth-order valence-corrected chi connectivity index (χ4v) is 2.93. The molecule has 3 rings (SSSR count). The Labute approximate surface area is 133 Å². The topological polar surface area (TPSA) is 41.1 Å². The van der Waals surface area contributed by atoms with Crippen molar-refractivity contribution in [3.63, 3.8) is 0 Å². The molecule has 0 spiro atoms. The Hall–Kier alpha value is -2.27. The van der Waals surface area contributed by atoms with Crippen molar-refractivity contribution in [1.29, 1.82) is 0 Å². The molecule has 2 N–H and O–H groups in total. The van der Waals surface area contributed by atoms with E-state index < -0.39 is 17.7 Å². The van der Waals surface area contributed by atoms with E-state index in [0.29, 0.717) is 0 Å². The Kier molecular flexibility index (Phi) is 4.39. The van der Waals surface area contributed by atoms with Gasteiger partial charge >= 0.3 is 0 Å². The number of benzene rings is 2. The van der Waals surface area contributed by atoms with E-state index >= 15 is 0 Å². The summed E-state index contributed by atoms with van der Waals surface area (Å²) in [4.78, 5) is 12.2. The third kappa shape index (κ3) is 3.40. The quantitative estimate of drug-likeness (QED) is 0.905. The van der Waals surface area contributed by atoms with Crippen LogP contribution in [0.15, 0.2) is 42.5 Å². The molecule has 1 amide bonds. The lowest BCUT2D eigenvalue weighted by atomic mass is 10.1. The fourth-order valence-electron chi connectivity index (χ4n) is 2.93. The Morgan fingerprint density at radius 1 is 1.17 bits per heavy atom. The molecule has 2 atom stereocenters. The van der Waals surface area contributed by atoms with Crippen LogP contribution in [0.4, 0.5) is 14.5 Å². The molecule has 23 heavy (non-hydrogen) atoms. The lowest BCUT2D eigenvalue weighted by Gasteiger charge is -2.20. The molecule has 0 unspecified atom stereocenters. The van der Waals surface area contributed by atoms with Crippen molar-refractivity contribution in [3.05, 3.63) is 65.2 Å². The number of halogens is 2. The van der Waals surface area contributed by atoms with Gasteiger partial charge in [0.15, 0.2) is 11.6 Å². The number of hydrogen-bond donors (Lipinski definition) is 2. The predicted octanol–water partition coefficient (Wildman–Crippen LogP) is 3.57. The van der Waals surface area contributed by atoms with Crippen LogP contribution in [0.1, 0.15) is 30.5 Å². The molecular weight excluding hydrogens is 298 g/mol. The smallest absolute Gasteiger partial charge is 0.241 e. The van der Waals surface area contributed by atoms with Crippen LogP contribution >= 0.6 is 0 Å². The van der Waals surface area contributed by atoms with Gasteiger partial charge in [0.1, 0.15) is 0 Å². The monoisotopic (exact) mass is 316 g/mol. The Bertz CT molecular complexity index is 733. The van der Waals surface area contributed by atoms with Crippen molar-refractivity contribution < 1.29 is 13.6 Å². The average molecular weight is 316 g/mol. The number of carbonyl (C=O) groups is 1. The molecule has 0 fully saturated rings. The van der Waals surface area contributed by atoms with Gasteiger partial charge in [-0.1, -0.05) is 24.3 Å². The van der Waals surface area contributed by atoms with Crippen LogP contribution in [0, 0.1) is 11.6 Å². The van der Waals surface area contributed by atoms with Gasteiger partial charge in [0.2, 0.25) is 5.91 Å². The van der Waals surface area contributed by atoms with Crippen LogP contribution in [0.3, 0.4) is 0 Å². The molecule has 3 nitrogen and oxygen atoms in total. The van der Waals surface area contributed by atoms with E-state index in [1.807, 2.05) is 12.1 Å². The van der Waals surface area contributed by atoms with Gasteiger partial charge in [0.25, 0.3) is 0 Å². The standard InChI is InChI=1S/C18H18F2N2O/c1-11(18(23)22-13-7-8-15(19)16(20)10-13)21-17-9-6-12-4-2-3-5-14(12)17/h2-5,7-8,10-11,17,21H,6,9H2,1H3,(H,22,23)/t11-,17-/m0/s1. The van der Waals surface area contributed by atoms with E-state index in [2.05, 4.69) is 22.8 Å². The molecule has 0 heterocycles. The molecule has 0 bridgehead atoms. The SMILES string of the molecule is C[C@H](N[C@H]1CCc2ccccc21)C(=O)Nc1ccc(F)c(F)c1. The number of carbonyl (C=O) groups excluding carboxylic acids is 1. The highest BCUT2D eigenvalue weighted by atomic mass is 19.2. The van der Waals surface area contributed by atoms with Gasteiger partial charge in [-0.05, 0) is 43.0 Å². The van der Waals surface area contributed by atoms with Crippen LogP contribution in [0.25, 0.3) is 0 Å². The predicted molar refractivity (Wildman–Crippen MR) is 85.1 cm³/mol.